The quantitative estimate of drug-likeness (QED) is 0.735. The number of fused-ring (bicyclic) bond motifs is 1. The first-order valence-electron chi connectivity index (χ1n) is 4.11. The number of rotatable bonds is 3. The largest absolute Gasteiger partial charge is 0.481 e. The van der Waals surface area contributed by atoms with Crippen molar-refractivity contribution >= 4 is 24.0 Å². The minimum absolute atomic E-state index is 0.186. The van der Waals surface area contributed by atoms with Gasteiger partial charge in [0.2, 0.25) is 0 Å². The van der Waals surface area contributed by atoms with E-state index in [1.807, 2.05) is 0 Å². The number of imidazole rings is 1. The molecule has 6 heteroatoms. The number of hydrogen-bond acceptors (Lipinski definition) is 4. The summed E-state index contributed by atoms with van der Waals surface area (Å²) in [6.07, 6.45) is 0.495. The summed E-state index contributed by atoms with van der Waals surface area (Å²) in [7, 11) is 0. The van der Waals surface area contributed by atoms with E-state index in [4.69, 9.17) is 5.11 Å². The van der Waals surface area contributed by atoms with E-state index in [-0.39, 0.29) is 6.42 Å². The van der Waals surface area contributed by atoms with Crippen LogP contribution in [0.15, 0.2) is 5.16 Å². The van der Waals surface area contributed by atoms with Gasteiger partial charge in [-0.05, 0) is 0 Å². The van der Waals surface area contributed by atoms with Gasteiger partial charge in [0.25, 0.3) is 0 Å². The lowest BCUT2D eigenvalue weighted by Crippen LogP contribution is -2.06. The Hall–Kier alpha value is -1.30. The van der Waals surface area contributed by atoms with Crippen molar-refractivity contribution in [3.8, 4) is 0 Å². The van der Waals surface area contributed by atoms with E-state index < -0.39 is 5.97 Å². The lowest BCUT2D eigenvalue weighted by molar-refractivity contribution is -0.136. The minimum atomic E-state index is -0.963. The number of carboxylic acids is 1. The van der Waals surface area contributed by atoms with Crippen molar-refractivity contribution in [3.05, 3.63) is 11.4 Å². The van der Waals surface area contributed by atoms with E-state index in [0.29, 0.717) is 17.7 Å². The predicted octanol–water partition coefficient (Wildman–Crippen LogP) is 0.428. The van der Waals surface area contributed by atoms with E-state index in [1.54, 1.807) is 16.3 Å². The van der Waals surface area contributed by atoms with Crippen LogP contribution in [0.1, 0.15) is 16.2 Å². The third kappa shape index (κ3) is 1.41. The third-order valence-corrected chi connectivity index (χ3v) is 2.98. The van der Waals surface area contributed by atoms with Gasteiger partial charge in [-0.15, -0.1) is 0 Å². The van der Waals surface area contributed by atoms with Crippen LogP contribution >= 0.6 is 11.8 Å². The number of thioether (sulfide) groups is 1. The Morgan fingerprint density at radius 2 is 2.50 bits per heavy atom. The van der Waals surface area contributed by atoms with Crippen LogP contribution in [0.25, 0.3) is 0 Å². The van der Waals surface area contributed by atoms with Crippen molar-refractivity contribution < 1.29 is 14.7 Å². The van der Waals surface area contributed by atoms with Gasteiger partial charge in [-0.3, -0.25) is 9.59 Å². The number of aliphatic carboxylic acids is 1. The average molecular weight is 212 g/mol. The Labute approximate surface area is 84.1 Å². The summed E-state index contributed by atoms with van der Waals surface area (Å²) in [5.41, 5.74) is 0.780. The van der Waals surface area contributed by atoms with Crippen molar-refractivity contribution in [3.63, 3.8) is 0 Å². The van der Waals surface area contributed by atoms with Gasteiger partial charge < -0.3 is 9.67 Å². The molecule has 1 aromatic heterocycles. The minimum Gasteiger partial charge on any atom is -0.481 e. The summed E-state index contributed by atoms with van der Waals surface area (Å²) in [4.78, 5) is 25.4. The number of aromatic nitrogens is 2. The number of nitrogens with zero attached hydrogens (tertiary/aromatic N) is 2. The van der Waals surface area contributed by atoms with Crippen LogP contribution in [0.4, 0.5) is 0 Å². The second-order valence-electron chi connectivity index (χ2n) is 2.91. The molecule has 0 radical (unpaired) electrons. The second-order valence-corrected chi connectivity index (χ2v) is 3.98. The third-order valence-electron chi connectivity index (χ3n) is 2.02. The number of aldehydes is 1. The molecule has 1 N–H and O–H groups in total. The smallest absolute Gasteiger partial charge is 0.309 e. The molecule has 0 saturated heterocycles. The number of carbonyl (C=O) groups excluding carboxylic acids is 1. The van der Waals surface area contributed by atoms with Gasteiger partial charge in [0.15, 0.2) is 11.4 Å². The summed E-state index contributed by atoms with van der Waals surface area (Å²) in [5, 5.41) is 9.36. The summed E-state index contributed by atoms with van der Waals surface area (Å²) >= 11 is 1.55. The average Bonchev–Trinajstić information content (AvgIpc) is 2.62. The van der Waals surface area contributed by atoms with Crippen LogP contribution in [0.5, 0.6) is 0 Å². The molecule has 74 valence electrons. The highest BCUT2D eigenvalue weighted by Gasteiger charge is 2.22. The highest BCUT2D eigenvalue weighted by atomic mass is 32.2. The van der Waals surface area contributed by atoms with Gasteiger partial charge in [-0.2, -0.15) is 0 Å². The molecule has 14 heavy (non-hydrogen) atoms. The van der Waals surface area contributed by atoms with Gasteiger partial charge in [0.05, 0.1) is 12.1 Å². The fraction of sp³-hybridized carbons (Fsp3) is 0.375. The summed E-state index contributed by atoms with van der Waals surface area (Å²) in [6, 6.07) is 0. The van der Waals surface area contributed by atoms with Gasteiger partial charge in [0, 0.05) is 12.3 Å². The van der Waals surface area contributed by atoms with E-state index in [9.17, 15) is 9.59 Å². The van der Waals surface area contributed by atoms with Gasteiger partial charge >= 0.3 is 5.97 Å². The van der Waals surface area contributed by atoms with E-state index in [0.717, 1.165) is 17.5 Å². The zero-order valence-corrected chi connectivity index (χ0v) is 8.08. The molecule has 1 aliphatic heterocycles. The summed E-state index contributed by atoms with van der Waals surface area (Å²) in [5.74, 6) is -0.0637. The fourth-order valence-electron chi connectivity index (χ4n) is 1.45. The predicted molar refractivity (Wildman–Crippen MR) is 49.7 cm³/mol. The highest BCUT2D eigenvalue weighted by molar-refractivity contribution is 7.99. The molecule has 0 spiro atoms. The van der Waals surface area contributed by atoms with Gasteiger partial charge in [-0.1, -0.05) is 11.8 Å². The van der Waals surface area contributed by atoms with Crippen molar-refractivity contribution in [1.82, 2.24) is 9.55 Å². The Bertz CT molecular complexity index is 400. The van der Waals surface area contributed by atoms with E-state index >= 15 is 0 Å². The molecule has 1 aliphatic rings. The van der Waals surface area contributed by atoms with Crippen molar-refractivity contribution in [2.75, 3.05) is 5.75 Å². The maximum Gasteiger partial charge on any atom is 0.309 e. The maximum absolute atomic E-state index is 10.8. The van der Waals surface area contributed by atoms with Crippen molar-refractivity contribution in [2.24, 2.45) is 0 Å². The zero-order valence-electron chi connectivity index (χ0n) is 7.27. The SMILES string of the molecule is O=Cc1c(CC(=O)O)nc2n1CCS2. The highest BCUT2D eigenvalue weighted by Crippen LogP contribution is 2.27. The molecule has 2 heterocycles. The van der Waals surface area contributed by atoms with Crippen LogP contribution in [-0.4, -0.2) is 32.7 Å². The number of carbonyl (C=O) groups is 2. The molecule has 0 aromatic carbocycles. The van der Waals surface area contributed by atoms with Crippen molar-refractivity contribution in [1.29, 1.82) is 0 Å². The lowest BCUT2D eigenvalue weighted by atomic mass is 10.2. The molecule has 0 aliphatic carbocycles. The van der Waals surface area contributed by atoms with Crippen LogP contribution in [0.2, 0.25) is 0 Å². The lowest BCUT2D eigenvalue weighted by Gasteiger charge is -1.97. The van der Waals surface area contributed by atoms with Crippen LogP contribution in [0, 0.1) is 0 Å². The Morgan fingerprint density at radius 1 is 1.71 bits per heavy atom. The standard InChI is InChI=1S/C8H8N2O3S/c11-4-6-5(3-7(12)13)9-8-10(6)1-2-14-8/h4H,1-3H2,(H,12,13). The first-order chi connectivity index (χ1) is 6.72. The zero-order chi connectivity index (χ0) is 10.1. The first-order valence-corrected chi connectivity index (χ1v) is 5.10. The van der Waals surface area contributed by atoms with Crippen LogP contribution in [0.3, 0.4) is 0 Å². The molecule has 5 nitrogen and oxygen atoms in total. The number of carboxylic acid groups (broad SMARTS) is 1. The van der Waals surface area contributed by atoms with E-state index in [2.05, 4.69) is 4.98 Å². The van der Waals surface area contributed by atoms with Gasteiger partial charge in [0.1, 0.15) is 5.69 Å². The topological polar surface area (TPSA) is 72.2 Å². The molecule has 1 aromatic rings. The van der Waals surface area contributed by atoms with E-state index in [1.165, 1.54) is 0 Å². The van der Waals surface area contributed by atoms with Crippen LogP contribution in [-0.2, 0) is 17.8 Å². The molecule has 0 fully saturated rings. The second kappa shape index (κ2) is 3.45. The molecule has 2 rings (SSSR count). The Morgan fingerprint density at radius 3 is 3.14 bits per heavy atom. The van der Waals surface area contributed by atoms with Crippen LogP contribution < -0.4 is 0 Å². The molecular formula is C8H8N2O3S. The summed E-state index contributed by atoms with van der Waals surface area (Å²) in [6.45, 7) is 0.737. The molecule has 0 atom stereocenters. The first kappa shape index (κ1) is 9.26. The Balaban J connectivity index is 2.41. The number of hydrogen-bond donors (Lipinski definition) is 1. The maximum atomic E-state index is 10.8. The van der Waals surface area contributed by atoms with Crippen molar-refractivity contribution in [2.45, 2.75) is 18.1 Å². The Kier molecular flexibility index (Phi) is 2.28. The monoisotopic (exact) mass is 212 g/mol. The molecule has 0 unspecified atom stereocenters. The molecule has 0 bridgehead atoms. The molecule has 0 amide bonds. The molecule has 0 saturated carbocycles. The van der Waals surface area contributed by atoms with Gasteiger partial charge in [-0.25, -0.2) is 4.98 Å². The molecular weight excluding hydrogens is 204 g/mol. The summed E-state index contributed by atoms with van der Waals surface area (Å²) < 4.78 is 1.77. The normalized spacial score (nSPS) is 14.0. The fourth-order valence-corrected chi connectivity index (χ4v) is 2.43.